The first kappa shape index (κ1) is 12.9. The van der Waals surface area contributed by atoms with E-state index >= 15 is 0 Å². The summed E-state index contributed by atoms with van der Waals surface area (Å²) in [5.74, 6) is -2.79. The highest BCUT2D eigenvalue weighted by atomic mass is 35.5. The van der Waals surface area contributed by atoms with E-state index in [9.17, 15) is 18.0 Å². The quantitative estimate of drug-likeness (QED) is 0.825. The Labute approximate surface area is 97.0 Å². The molecule has 0 aromatic heterocycles. The number of phenols is 1. The maximum Gasteiger partial charge on any atom is 0.419 e. The van der Waals surface area contributed by atoms with E-state index in [4.69, 9.17) is 33.4 Å². The van der Waals surface area contributed by atoms with Crippen molar-refractivity contribution in [3.63, 3.8) is 0 Å². The molecule has 0 saturated heterocycles. The van der Waals surface area contributed by atoms with E-state index in [0.29, 0.717) is 6.07 Å². The lowest BCUT2D eigenvalue weighted by atomic mass is 10.1. The number of aromatic carboxylic acids is 1. The minimum absolute atomic E-state index is 0.494. The Hall–Kier alpha value is -1.14. The second-order valence-corrected chi connectivity index (χ2v) is 3.53. The summed E-state index contributed by atoms with van der Waals surface area (Å²) in [5.41, 5.74) is -2.25. The zero-order valence-corrected chi connectivity index (χ0v) is 8.78. The molecule has 1 aromatic carbocycles. The van der Waals surface area contributed by atoms with Crippen LogP contribution in [0, 0.1) is 0 Å². The molecule has 0 fully saturated rings. The summed E-state index contributed by atoms with van der Waals surface area (Å²) >= 11 is 10.5. The Bertz CT molecular complexity index is 457. The molecule has 16 heavy (non-hydrogen) atoms. The van der Waals surface area contributed by atoms with Gasteiger partial charge in [-0.2, -0.15) is 13.2 Å². The number of rotatable bonds is 1. The van der Waals surface area contributed by atoms with Gasteiger partial charge in [-0.05, 0) is 6.07 Å². The van der Waals surface area contributed by atoms with Crippen LogP contribution in [-0.4, -0.2) is 16.2 Å². The largest absolute Gasteiger partial charge is 0.505 e. The lowest BCUT2D eigenvalue weighted by Gasteiger charge is -2.13. The van der Waals surface area contributed by atoms with Crippen molar-refractivity contribution in [3.8, 4) is 5.75 Å². The molecule has 88 valence electrons. The molecule has 3 nitrogen and oxygen atoms in total. The minimum Gasteiger partial charge on any atom is -0.505 e. The summed E-state index contributed by atoms with van der Waals surface area (Å²) in [6, 6.07) is 0.494. The van der Waals surface area contributed by atoms with Crippen LogP contribution in [-0.2, 0) is 6.18 Å². The molecule has 0 bridgehead atoms. The fourth-order valence-corrected chi connectivity index (χ4v) is 1.70. The molecule has 0 aliphatic rings. The molecule has 2 N–H and O–H groups in total. The van der Waals surface area contributed by atoms with E-state index in [1.165, 1.54) is 0 Å². The van der Waals surface area contributed by atoms with E-state index in [-0.39, 0.29) is 0 Å². The van der Waals surface area contributed by atoms with Crippen LogP contribution >= 0.6 is 23.2 Å². The first-order chi connectivity index (χ1) is 7.16. The molecule has 0 unspecified atom stereocenters. The molecule has 0 aliphatic carbocycles. The number of hydrogen-bond donors (Lipinski definition) is 2. The predicted molar refractivity (Wildman–Crippen MR) is 50.1 cm³/mol. The molecular formula is C8H3Cl2F3O3. The summed E-state index contributed by atoms with van der Waals surface area (Å²) in [5, 5.41) is 15.7. The normalized spacial score (nSPS) is 11.6. The van der Waals surface area contributed by atoms with Gasteiger partial charge in [0.05, 0.1) is 15.6 Å². The Morgan fingerprint density at radius 1 is 1.31 bits per heavy atom. The first-order valence-corrected chi connectivity index (χ1v) is 4.43. The Balaban J connectivity index is 3.59. The van der Waals surface area contributed by atoms with Crippen LogP contribution in [0.2, 0.25) is 10.0 Å². The highest BCUT2D eigenvalue weighted by Crippen LogP contribution is 2.44. The Morgan fingerprint density at radius 3 is 2.19 bits per heavy atom. The van der Waals surface area contributed by atoms with Crippen molar-refractivity contribution in [3.05, 3.63) is 27.2 Å². The van der Waals surface area contributed by atoms with Crippen molar-refractivity contribution in [1.82, 2.24) is 0 Å². The number of carboxylic acid groups (broad SMARTS) is 1. The van der Waals surface area contributed by atoms with Crippen molar-refractivity contribution in [1.29, 1.82) is 0 Å². The van der Waals surface area contributed by atoms with Gasteiger partial charge >= 0.3 is 12.1 Å². The molecule has 0 aliphatic heterocycles. The summed E-state index contributed by atoms with van der Waals surface area (Å²) in [4.78, 5) is 10.5. The summed E-state index contributed by atoms with van der Waals surface area (Å²) in [6.45, 7) is 0. The van der Waals surface area contributed by atoms with Crippen LogP contribution in [0.5, 0.6) is 5.75 Å². The van der Waals surface area contributed by atoms with Gasteiger partial charge < -0.3 is 10.2 Å². The second kappa shape index (κ2) is 4.03. The van der Waals surface area contributed by atoms with Crippen molar-refractivity contribution < 1.29 is 28.2 Å². The van der Waals surface area contributed by atoms with Crippen LogP contribution in [0.25, 0.3) is 0 Å². The third kappa shape index (κ3) is 2.17. The Kier molecular flexibility index (Phi) is 3.25. The number of benzene rings is 1. The number of hydrogen-bond acceptors (Lipinski definition) is 2. The van der Waals surface area contributed by atoms with Crippen molar-refractivity contribution in [2.75, 3.05) is 0 Å². The molecule has 0 spiro atoms. The lowest BCUT2D eigenvalue weighted by molar-refractivity contribution is -0.137. The molecule has 0 atom stereocenters. The van der Waals surface area contributed by atoms with Crippen molar-refractivity contribution in [2.24, 2.45) is 0 Å². The lowest BCUT2D eigenvalue weighted by Crippen LogP contribution is -2.09. The van der Waals surface area contributed by atoms with E-state index in [2.05, 4.69) is 0 Å². The van der Waals surface area contributed by atoms with Gasteiger partial charge in [-0.1, -0.05) is 23.2 Å². The number of carboxylic acids is 1. The molecular weight excluding hydrogens is 272 g/mol. The monoisotopic (exact) mass is 274 g/mol. The molecule has 1 aromatic rings. The minimum atomic E-state index is -4.87. The van der Waals surface area contributed by atoms with Crippen molar-refractivity contribution >= 4 is 29.2 Å². The molecule has 0 radical (unpaired) electrons. The third-order valence-corrected chi connectivity index (χ3v) is 2.37. The van der Waals surface area contributed by atoms with Crippen LogP contribution in [0.4, 0.5) is 13.2 Å². The van der Waals surface area contributed by atoms with E-state index in [1.54, 1.807) is 0 Å². The van der Waals surface area contributed by atoms with Gasteiger partial charge in [0, 0.05) is 0 Å². The van der Waals surface area contributed by atoms with E-state index in [1.807, 2.05) is 0 Å². The van der Waals surface area contributed by atoms with Gasteiger partial charge in [-0.15, -0.1) is 0 Å². The summed E-state index contributed by atoms with van der Waals surface area (Å²) in [6.07, 6.45) is -4.87. The van der Waals surface area contributed by atoms with Gasteiger partial charge in [0.15, 0.2) is 0 Å². The molecule has 8 heteroatoms. The van der Waals surface area contributed by atoms with Crippen LogP contribution in [0.15, 0.2) is 6.07 Å². The highest BCUT2D eigenvalue weighted by Gasteiger charge is 2.38. The number of carbonyl (C=O) groups is 1. The molecule has 1 rings (SSSR count). The fraction of sp³-hybridized carbons (Fsp3) is 0.125. The summed E-state index contributed by atoms with van der Waals surface area (Å²) < 4.78 is 37.2. The van der Waals surface area contributed by atoms with Crippen LogP contribution < -0.4 is 0 Å². The topological polar surface area (TPSA) is 57.5 Å². The average molecular weight is 275 g/mol. The smallest absolute Gasteiger partial charge is 0.419 e. The van der Waals surface area contributed by atoms with Gasteiger partial charge in [-0.25, -0.2) is 4.79 Å². The maximum atomic E-state index is 12.4. The molecule has 0 heterocycles. The van der Waals surface area contributed by atoms with Gasteiger partial charge in [-0.3, -0.25) is 0 Å². The Morgan fingerprint density at radius 2 is 1.81 bits per heavy atom. The van der Waals surface area contributed by atoms with E-state index < -0.39 is 39.1 Å². The zero-order valence-electron chi connectivity index (χ0n) is 7.27. The van der Waals surface area contributed by atoms with Crippen LogP contribution in [0.3, 0.4) is 0 Å². The molecule has 0 saturated carbocycles. The van der Waals surface area contributed by atoms with E-state index in [0.717, 1.165) is 0 Å². The van der Waals surface area contributed by atoms with Gasteiger partial charge in [0.1, 0.15) is 11.3 Å². The van der Waals surface area contributed by atoms with Crippen LogP contribution in [0.1, 0.15) is 15.9 Å². The summed E-state index contributed by atoms with van der Waals surface area (Å²) in [7, 11) is 0. The SMILES string of the molecule is O=C(O)c1cc(Cl)c(C(F)(F)F)c(Cl)c1O. The second-order valence-electron chi connectivity index (χ2n) is 2.75. The maximum absolute atomic E-state index is 12.4. The van der Waals surface area contributed by atoms with Gasteiger partial charge in [0.25, 0.3) is 0 Å². The molecule has 0 amide bonds. The average Bonchev–Trinajstić information content (AvgIpc) is 2.08. The highest BCUT2D eigenvalue weighted by molar-refractivity contribution is 6.37. The van der Waals surface area contributed by atoms with Gasteiger partial charge in [0.2, 0.25) is 0 Å². The number of halogens is 5. The first-order valence-electron chi connectivity index (χ1n) is 3.67. The predicted octanol–water partition coefficient (Wildman–Crippen LogP) is 3.42. The number of aromatic hydroxyl groups is 1. The number of alkyl halides is 3. The van der Waals surface area contributed by atoms with Crippen molar-refractivity contribution in [2.45, 2.75) is 6.18 Å². The third-order valence-electron chi connectivity index (χ3n) is 1.71. The zero-order chi connectivity index (χ0) is 12.7. The standard InChI is InChI=1S/C8H3Cl2F3O3/c9-3-1-2(7(15)16)6(14)5(10)4(3)8(11,12)13/h1,14H,(H,15,16). The fourth-order valence-electron chi connectivity index (χ4n) is 1.03.